The zero-order chi connectivity index (χ0) is 20.1. The molecule has 1 aliphatic heterocycles. The van der Waals surface area contributed by atoms with E-state index in [-0.39, 0.29) is 0 Å². The molecule has 2 aliphatic carbocycles. The van der Waals surface area contributed by atoms with Crippen LogP contribution in [-0.2, 0) is 13.0 Å². The Balaban J connectivity index is 1.21. The number of rotatable bonds is 4. The minimum absolute atomic E-state index is 0.291. The van der Waals surface area contributed by atoms with Crippen LogP contribution in [0, 0.1) is 5.92 Å². The molecule has 0 unspecified atom stereocenters. The first-order valence-corrected chi connectivity index (χ1v) is 11.1. The lowest BCUT2D eigenvalue weighted by atomic mass is 9.87. The van der Waals surface area contributed by atoms with E-state index < -0.39 is 0 Å². The molecule has 3 aliphatic rings. The van der Waals surface area contributed by atoms with Gasteiger partial charge in [0.05, 0.1) is 11.4 Å². The summed E-state index contributed by atoms with van der Waals surface area (Å²) in [6.45, 7) is 3.62. The van der Waals surface area contributed by atoms with Gasteiger partial charge in [-0.1, -0.05) is 25.1 Å². The number of nitrogens with zero attached hydrogens (tertiary/aromatic N) is 1. The molecule has 1 saturated carbocycles. The number of H-pyrrole nitrogens is 1. The van der Waals surface area contributed by atoms with Crippen molar-refractivity contribution in [2.45, 2.75) is 51.6 Å². The summed E-state index contributed by atoms with van der Waals surface area (Å²) in [5, 5.41) is 11.7. The van der Waals surface area contributed by atoms with Gasteiger partial charge in [0, 0.05) is 35.7 Å². The summed E-state index contributed by atoms with van der Waals surface area (Å²) in [6, 6.07) is 13.6. The molecule has 5 nitrogen and oxygen atoms in total. The molecule has 0 radical (unpaired) electrons. The lowest BCUT2D eigenvalue weighted by molar-refractivity contribution is 0.174. The molecule has 3 aromatic rings. The van der Waals surface area contributed by atoms with E-state index in [1.54, 1.807) is 0 Å². The normalized spacial score (nSPS) is 21.5. The molecule has 0 spiro atoms. The predicted octanol–water partition coefficient (Wildman–Crippen LogP) is 5.04. The molecule has 154 valence electrons. The van der Waals surface area contributed by atoms with E-state index in [4.69, 9.17) is 9.47 Å². The molecule has 1 aromatic heterocycles. The van der Waals surface area contributed by atoms with Crippen molar-refractivity contribution < 1.29 is 9.47 Å². The van der Waals surface area contributed by atoms with Crippen molar-refractivity contribution in [1.82, 2.24) is 15.5 Å². The molecular formula is C25H27N3O2. The van der Waals surface area contributed by atoms with Gasteiger partial charge >= 0.3 is 0 Å². The molecule has 0 bridgehead atoms. The van der Waals surface area contributed by atoms with Crippen molar-refractivity contribution >= 4 is 0 Å². The number of fused-ring (bicyclic) bond motifs is 4. The minimum atomic E-state index is 0.291. The topological polar surface area (TPSA) is 59.2 Å². The van der Waals surface area contributed by atoms with Crippen molar-refractivity contribution in [3.8, 4) is 34.0 Å². The Morgan fingerprint density at radius 2 is 1.90 bits per heavy atom. The molecule has 30 heavy (non-hydrogen) atoms. The summed E-state index contributed by atoms with van der Waals surface area (Å²) in [5.41, 5.74) is 8.54. The molecule has 0 saturated heterocycles. The third kappa shape index (κ3) is 3.08. The highest BCUT2D eigenvalue weighted by atomic mass is 16.7. The van der Waals surface area contributed by atoms with Gasteiger partial charge in [0.15, 0.2) is 11.5 Å². The molecule has 0 atom stereocenters. The highest BCUT2D eigenvalue weighted by Crippen LogP contribution is 2.42. The lowest BCUT2D eigenvalue weighted by Crippen LogP contribution is -2.32. The molecule has 2 N–H and O–H groups in total. The van der Waals surface area contributed by atoms with Gasteiger partial charge in [-0.25, -0.2) is 0 Å². The molecule has 1 fully saturated rings. The molecule has 2 heterocycles. The smallest absolute Gasteiger partial charge is 0.231 e. The van der Waals surface area contributed by atoms with Crippen LogP contribution in [0.4, 0.5) is 0 Å². The maximum Gasteiger partial charge on any atom is 0.231 e. The number of aromatic nitrogens is 2. The number of benzene rings is 2. The highest BCUT2D eigenvalue weighted by molar-refractivity contribution is 5.81. The zero-order valence-electron chi connectivity index (χ0n) is 17.3. The molecule has 5 heteroatoms. The SMILES string of the molecule is CC1CCC(NCc2ccc3c(c2)Cc2c(-c4ccc5c(c4)OCO5)n[nH]c2-3)CC1. The number of aromatic amines is 1. The van der Waals surface area contributed by atoms with Crippen LogP contribution in [0.15, 0.2) is 36.4 Å². The Bertz CT molecular complexity index is 1100. The van der Waals surface area contributed by atoms with E-state index in [2.05, 4.69) is 46.7 Å². The number of hydrogen-bond donors (Lipinski definition) is 2. The third-order valence-electron chi connectivity index (χ3n) is 6.93. The summed E-state index contributed by atoms with van der Waals surface area (Å²) in [6.07, 6.45) is 6.24. The summed E-state index contributed by atoms with van der Waals surface area (Å²) in [7, 11) is 0. The fraction of sp³-hybridized carbons (Fsp3) is 0.400. The number of nitrogens with one attached hydrogen (secondary N) is 2. The van der Waals surface area contributed by atoms with Crippen LogP contribution in [0.2, 0.25) is 0 Å². The highest BCUT2D eigenvalue weighted by Gasteiger charge is 2.26. The van der Waals surface area contributed by atoms with Crippen molar-refractivity contribution in [2.75, 3.05) is 6.79 Å². The van der Waals surface area contributed by atoms with Crippen LogP contribution in [0.5, 0.6) is 11.5 Å². The van der Waals surface area contributed by atoms with Crippen molar-refractivity contribution in [2.24, 2.45) is 5.92 Å². The molecule has 0 amide bonds. The monoisotopic (exact) mass is 401 g/mol. The van der Waals surface area contributed by atoms with Crippen LogP contribution in [0.1, 0.15) is 49.3 Å². The minimum Gasteiger partial charge on any atom is -0.454 e. The average molecular weight is 402 g/mol. The second kappa shape index (κ2) is 7.17. The van der Waals surface area contributed by atoms with Gasteiger partial charge < -0.3 is 14.8 Å². The second-order valence-corrected chi connectivity index (χ2v) is 9.00. The van der Waals surface area contributed by atoms with E-state index in [1.165, 1.54) is 47.9 Å². The third-order valence-corrected chi connectivity index (χ3v) is 6.93. The van der Waals surface area contributed by atoms with Gasteiger partial charge in [-0.3, -0.25) is 5.10 Å². The molecule has 2 aromatic carbocycles. The van der Waals surface area contributed by atoms with E-state index in [0.717, 1.165) is 47.3 Å². The average Bonchev–Trinajstić information content (AvgIpc) is 3.47. The number of hydrogen-bond acceptors (Lipinski definition) is 4. The van der Waals surface area contributed by atoms with Gasteiger partial charge in [-0.15, -0.1) is 0 Å². The van der Waals surface area contributed by atoms with Gasteiger partial charge in [0.25, 0.3) is 0 Å². The van der Waals surface area contributed by atoms with Crippen molar-refractivity contribution in [3.63, 3.8) is 0 Å². The quantitative estimate of drug-likeness (QED) is 0.503. The van der Waals surface area contributed by atoms with Crippen LogP contribution in [0.25, 0.3) is 22.5 Å². The Labute approximate surface area is 176 Å². The van der Waals surface area contributed by atoms with Gasteiger partial charge in [-0.2, -0.15) is 5.10 Å². The van der Waals surface area contributed by atoms with E-state index in [9.17, 15) is 0 Å². The first-order chi connectivity index (χ1) is 14.7. The van der Waals surface area contributed by atoms with Gasteiger partial charge in [0.1, 0.15) is 0 Å². The standard InChI is InChI=1S/C25H27N3O2/c1-15-2-6-19(7-3-15)26-13-16-4-8-20-18(10-16)11-21-24(27-28-25(20)21)17-5-9-22-23(12-17)30-14-29-22/h4-5,8-10,12,15,19,26H,2-3,6-7,11,13-14H2,1H3,(H,27,28). The first kappa shape index (κ1) is 18.0. The fourth-order valence-electron chi connectivity index (χ4n) is 5.11. The van der Waals surface area contributed by atoms with Gasteiger partial charge in [0.2, 0.25) is 6.79 Å². The predicted molar refractivity (Wildman–Crippen MR) is 117 cm³/mol. The summed E-state index contributed by atoms with van der Waals surface area (Å²) in [4.78, 5) is 0. The van der Waals surface area contributed by atoms with Crippen molar-refractivity contribution in [1.29, 1.82) is 0 Å². The number of ether oxygens (including phenoxy) is 2. The van der Waals surface area contributed by atoms with E-state index in [0.29, 0.717) is 12.8 Å². The Hall–Kier alpha value is -2.79. The zero-order valence-corrected chi connectivity index (χ0v) is 17.3. The molecule has 6 rings (SSSR count). The fourth-order valence-corrected chi connectivity index (χ4v) is 5.11. The van der Waals surface area contributed by atoms with Crippen molar-refractivity contribution in [3.05, 3.63) is 53.1 Å². The largest absolute Gasteiger partial charge is 0.454 e. The summed E-state index contributed by atoms with van der Waals surface area (Å²) < 4.78 is 11.0. The summed E-state index contributed by atoms with van der Waals surface area (Å²) in [5.74, 6) is 2.49. The maximum absolute atomic E-state index is 5.55. The Morgan fingerprint density at radius 3 is 2.80 bits per heavy atom. The molecular weight excluding hydrogens is 374 g/mol. The maximum atomic E-state index is 5.55. The van der Waals surface area contributed by atoms with Crippen LogP contribution in [-0.4, -0.2) is 23.0 Å². The second-order valence-electron chi connectivity index (χ2n) is 9.00. The van der Waals surface area contributed by atoms with E-state index in [1.807, 2.05) is 12.1 Å². The van der Waals surface area contributed by atoms with Crippen LogP contribution < -0.4 is 14.8 Å². The van der Waals surface area contributed by atoms with Crippen LogP contribution >= 0.6 is 0 Å². The Kier molecular flexibility index (Phi) is 4.30. The summed E-state index contributed by atoms with van der Waals surface area (Å²) >= 11 is 0. The van der Waals surface area contributed by atoms with Crippen LogP contribution in [0.3, 0.4) is 0 Å². The van der Waals surface area contributed by atoms with E-state index >= 15 is 0 Å². The first-order valence-electron chi connectivity index (χ1n) is 11.1. The lowest BCUT2D eigenvalue weighted by Gasteiger charge is -2.27. The Morgan fingerprint density at radius 1 is 1.03 bits per heavy atom. The van der Waals surface area contributed by atoms with Gasteiger partial charge in [-0.05, 0) is 60.9 Å².